The number of ether oxygens (including phenoxy) is 1. The molecule has 0 radical (unpaired) electrons. The van der Waals surface area contributed by atoms with Gasteiger partial charge < -0.3 is 10.1 Å². The summed E-state index contributed by atoms with van der Waals surface area (Å²) in [6, 6.07) is 13.1. The van der Waals surface area contributed by atoms with Crippen molar-refractivity contribution in [1.29, 1.82) is 0 Å². The minimum absolute atomic E-state index is 0.197. The van der Waals surface area contributed by atoms with E-state index in [1.807, 2.05) is 53.3 Å². The first-order valence-electron chi connectivity index (χ1n) is 10.2. The molecule has 0 saturated heterocycles. The van der Waals surface area contributed by atoms with Crippen molar-refractivity contribution < 1.29 is 9.53 Å². The van der Waals surface area contributed by atoms with Gasteiger partial charge >= 0.3 is 0 Å². The summed E-state index contributed by atoms with van der Waals surface area (Å²) in [5.74, 6) is 1.49. The molecule has 0 spiro atoms. The van der Waals surface area contributed by atoms with E-state index in [0.717, 1.165) is 5.56 Å². The highest BCUT2D eigenvalue weighted by Crippen LogP contribution is 2.27. The van der Waals surface area contributed by atoms with Gasteiger partial charge in [0.15, 0.2) is 11.6 Å². The lowest BCUT2D eigenvalue weighted by Gasteiger charge is -2.22. The van der Waals surface area contributed by atoms with Gasteiger partial charge in [0.2, 0.25) is 0 Å². The second kappa shape index (κ2) is 9.37. The average molecular weight is 390 g/mol. The Balaban J connectivity index is 1.37. The van der Waals surface area contributed by atoms with Gasteiger partial charge in [0.05, 0.1) is 13.2 Å². The van der Waals surface area contributed by atoms with Crippen LogP contribution < -0.4 is 10.1 Å². The van der Waals surface area contributed by atoms with Crippen molar-refractivity contribution in [2.24, 2.45) is 5.92 Å². The van der Waals surface area contributed by atoms with E-state index in [9.17, 15) is 4.79 Å². The van der Waals surface area contributed by atoms with Crippen molar-refractivity contribution in [3.8, 4) is 5.75 Å². The van der Waals surface area contributed by atoms with Crippen LogP contribution in [0.25, 0.3) is 0 Å². The van der Waals surface area contributed by atoms with Crippen LogP contribution in [-0.2, 0) is 6.54 Å². The van der Waals surface area contributed by atoms with Crippen LogP contribution in [0, 0.1) is 5.92 Å². The first kappa shape index (κ1) is 19.2. The summed E-state index contributed by atoms with van der Waals surface area (Å²) in [5, 5.41) is 7.09. The first-order chi connectivity index (χ1) is 14.3. The molecule has 6 heteroatoms. The number of aromatic nitrogens is 3. The summed E-state index contributed by atoms with van der Waals surface area (Å²) in [6.07, 6.45) is 11.6. The smallest absolute Gasteiger partial charge is 0.256 e. The third-order valence-corrected chi connectivity index (χ3v) is 5.32. The molecule has 3 aromatic rings. The maximum Gasteiger partial charge on any atom is 0.256 e. The number of nitrogens with one attached hydrogen (secondary N) is 1. The Kier molecular flexibility index (Phi) is 6.19. The van der Waals surface area contributed by atoms with Gasteiger partial charge in [-0.3, -0.25) is 9.48 Å². The number of nitrogens with zero attached hydrogens (tertiary/aromatic N) is 3. The Morgan fingerprint density at radius 1 is 1.07 bits per heavy atom. The van der Waals surface area contributed by atoms with Crippen LogP contribution in [0.15, 0.2) is 61.1 Å². The molecule has 1 aliphatic rings. The molecule has 2 aromatic heterocycles. The molecule has 1 saturated carbocycles. The molecule has 1 fully saturated rings. The van der Waals surface area contributed by atoms with Crippen LogP contribution in [0.1, 0.15) is 48.0 Å². The zero-order valence-electron chi connectivity index (χ0n) is 16.5. The molecule has 1 N–H and O–H groups in total. The quantitative estimate of drug-likeness (QED) is 0.643. The number of amides is 1. The van der Waals surface area contributed by atoms with E-state index >= 15 is 0 Å². The highest BCUT2D eigenvalue weighted by Gasteiger charge is 2.16. The summed E-state index contributed by atoms with van der Waals surface area (Å²) in [4.78, 5) is 17.0. The highest BCUT2D eigenvalue weighted by atomic mass is 16.5. The fourth-order valence-electron chi connectivity index (χ4n) is 3.68. The molecule has 1 aromatic carbocycles. The van der Waals surface area contributed by atoms with E-state index in [1.165, 1.54) is 32.1 Å². The number of anilines is 1. The molecule has 29 heavy (non-hydrogen) atoms. The van der Waals surface area contributed by atoms with Gasteiger partial charge in [0, 0.05) is 24.2 Å². The van der Waals surface area contributed by atoms with E-state index in [-0.39, 0.29) is 5.91 Å². The molecular weight excluding hydrogens is 364 g/mol. The van der Waals surface area contributed by atoms with Gasteiger partial charge in [-0.2, -0.15) is 5.10 Å². The number of pyridine rings is 1. The Morgan fingerprint density at radius 2 is 1.90 bits per heavy atom. The van der Waals surface area contributed by atoms with Gasteiger partial charge in [-0.05, 0) is 54.7 Å². The molecule has 1 amide bonds. The van der Waals surface area contributed by atoms with Gasteiger partial charge in [0.1, 0.15) is 0 Å². The second-order valence-electron chi connectivity index (χ2n) is 7.52. The maximum atomic E-state index is 12.7. The van der Waals surface area contributed by atoms with Gasteiger partial charge in [-0.25, -0.2) is 4.98 Å². The molecule has 1 aliphatic carbocycles. The fourth-order valence-corrected chi connectivity index (χ4v) is 3.68. The van der Waals surface area contributed by atoms with Crippen LogP contribution in [0.5, 0.6) is 5.75 Å². The largest absolute Gasteiger partial charge is 0.489 e. The molecular formula is C23H26N4O2. The second-order valence-corrected chi connectivity index (χ2v) is 7.52. The number of carbonyl (C=O) groups excluding carboxylic acids is 1. The number of benzene rings is 1. The Bertz CT molecular complexity index is 916. The van der Waals surface area contributed by atoms with E-state index in [1.54, 1.807) is 12.4 Å². The Labute approximate surface area is 170 Å². The van der Waals surface area contributed by atoms with Crippen molar-refractivity contribution in [2.45, 2.75) is 38.6 Å². The summed E-state index contributed by atoms with van der Waals surface area (Å²) >= 11 is 0. The average Bonchev–Trinajstić information content (AvgIpc) is 3.27. The Morgan fingerprint density at radius 3 is 2.66 bits per heavy atom. The first-order valence-corrected chi connectivity index (χ1v) is 10.2. The zero-order valence-corrected chi connectivity index (χ0v) is 16.5. The lowest BCUT2D eigenvalue weighted by atomic mass is 9.90. The van der Waals surface area contributed by atoms with Crippen LogP contribution >= 0.6 is 0 Å². The minimum Gasteiger partial charge on any atom is -0.489 e. The van der Waals surface area contributed by atoms with Gasteiger partial charge in [0.25, 0.3) is 5.91 Å². The van der Waals surface area contributed by atoms with E-state index in [0.29, 0.717) is 36.2 Å². The van der Waals surface area contributed by atoms with Crippen LogP contribution in [0.3, 0.4) is 0 Å². The Hall–Kier alpha value is -3.15. The molecule has 6 nitrogen and oxygen atoms in total. The topological polar surface area (TPSA) is 69.0 Å². The van der Waals surface area contributed by atoms with Gasteiger partial charge in [-0.15, -0.1) is 0 Å². The number of hydrogen-bond acceptors (Lipinski definition) is 4. The standard InChI is InChI=1S/C23H26N4O2/c28-23(20-11-9-18(10-12-20)16-27-15-5-14-25-27)26-22-21(8-4-13-24-22)29-17-19-6-2-1-3-7-19/h4-5,8-15,19H,1-3,6-7,16-17H2,(H,24,26,28). The molecule has 4 rings (SSSR count). The molecule has 150 valence electrons. The number of carbonyl (C=O) groups is 1. The minimum atomic E-state index is -0.197. The van der Waals surface area contributed by atoms with Crippen LogP contribution in [0.4, 0.5) is 5.82 Å². The van der Waals surface area contributed by atoms with Crippen molar-refractivity contribution >= 4 is 11.7 Å². The molecule has 0 atom stereocenters. The third kappa shape index (κ3) is 5.22. The number of rotatable bonds is 7. The van der Waals surface area contributed by atoms with E-state index in [4.69, 9.17) is 4.74 Å². The van der Waals surface area contributed by atoms with Crippen molar-refractivity contribution in [3.63, 3.8) is 0 Å². The molecule has 0 aliphatic heterocycles. The molecule has 2 heterocycles. The monoisotopic (exact) mass is 390 g/mol. The van der Waals surface area contributed by atoms with Crippen molar-refractivity contribution in [2.75, 3.05) is 11.9 Å². The highest BCUT2D eigenvalue weighted by molar-refractivity contribution is 6.04. The van der Waals surface area contributed by atoms with E-state index < -0.39 is 0 Å². The van der Waals surface area contributed by atoms with Gasteiger partial charge in [-0.1, -0.05) is 31.4 Å². The van der Waals surface area contributed by atoms with Crippen molar-refractivity contribution in [1.82, 2.24) is 14.8 Å². The van der Waals surface area contributed by atoms with Crippen LogP contribution in [-0.4, -0.2) is 27.3 Å². The molecule has 0 bridgehead atoms. The molecule has 0 unspecified atom stereocenters. The fraction of sp³-hybridized carbons (Fsp3) is 0.348. The predicted molar refractivity (Wildman–Crippen MR) is 112 cm³/mol. The third-order valence-electron chi connectivity index (χ3n) is 5.32. The SMILES string of the molecule is O=C(Nc1ncccc1OCC1CCCCC1)c1ccc(Cn2cccn2)cc1. The zero-order chi connectivity index (χ0) is 19.9. The summed E-state index contributed by atoms with van der Waals surface area (Å²) in [7, 11) is 0. The summed E-state index contributed by atoms with van der Waals surface area (Å²) < 4.78 is 7.85. The lowest BCUT2D eigenvalue weighted by molar-refractivity contribution is 0.102. The van der Waals surface area contributed by atoms with Crippen LogP contribution in [0.2, 0.25) is 0 Å². The number of hydrogen-bond donors (Lipinski definition) is 1. The summed E-state index contributed by atoms with van der Waals surface area (Å²) in [5.41, 5.74) is 1.66. The maximum absolute atomic E-state index is 12.7. The lowest BCUT2D eigenvalue weighted by Crippen LogP contribution is -2.17. The normalized spacial score (nSPS) is 14.5. The predicted octanol–water partition coefficient (Wildman–Crippen LogP) is 4.54. The van der Waals surface area contributed by atoms with Crippen molar-refractivity contribution in [3.05, 3.63) is 72.2 Å². The van der Waals surface area contributed by atoms with E-state index in [2.05, 4.69) is 15.4 Å². The summed E-state index contributed by atoms with van der Waals surface area (Å²) in [6.45, 7) is 1.35.